The monoisotopic (exact) mass is 443 g/mol. The molecule has 3 atom stereocenters. The van der Waals surface area contributed by atoms with E-state index < -0.39 is 42.6 Å². The van der Waals surface area contributed by atoms with Crippen LogP contribution in [0.5, 0.6) is 0 Å². The number of urea groups is 1. The highest BCUT2D eigenvalue weighted by Gasteiger charge is 2.27. The van der Waals surface area contributed by atoms with Crippen LogP contribution in [0.2, 0.25) is 0 Å². The first-order valence-corrected chi connectivity index (χ1v) is 9.50. The SMILES string of the molecule is N=C(N)NCCCC[C@H](N)c1noc([C@H](CC(N)=O)NC(=O)N[C@@H](CCO)C(=O)O)n1. The number of hydrogen-bond acceptors (Lipinski definition) is 9. The van der Waals surface area contributed by atoms with Crippen molar-refractivity contribution < 1.29 is 29.1 Å². The molecule has 0 saturated heterocycles. The van der Waals surface area contributed by atoms with E-state index in [1.807, 2.05) is 0 Å². The molecule has 0 unspecified atom stereocenters. The molecule has 3 amide bonds. The summed E-state index contributed by atoms with van der Waals surface area (Å²) in [4.78, 5) is 38.7. The summed E-state index contributed by atoms with van der Waals surface area (Å²) in [5, 5.41) is 36.0. The van der Waals surface area contributed by atoms with E-state index in [-0.39, 0.29) is 30.5 Å². The molecule has 0 fully saturated rings. The smallest absolute Gasteiger partial charge is 0.326 e. The fourth-order valence-electron chi connectivity index (χ4n) is 2.53. The Balaban J connectivity index is 2.72. The minimum absolute atomic E-state index is 0.116. The van der Waals surface area contributed by atoms with Crippen LogP contribution in [-0.4, -0.2) is 63.4 Å². The fraction of sp³-hybridized carbons (Fsp3) is 0.625. The number of carboxylic acids is 1. The molecule has 0 radical (unpaired) electrons. The van der Waals surface area contributed by atoms with Crippen molar-refractivity contribution in [3.05, 3.63) is 11.7 Å². The molecule has 15 heteroatoms. The van der Waals surface area contributed by atoms with Crippen LogP contribution in [-0.2, 0) is 9.59 Å². The van der Waals surface area contributed by atoms with Gasteiger partial charge in [-0.25, -0.2) is 9.59 Å². The quantitative estimate of drug-likeness (QED) is 0.0843. The summed E-state index contributed by atoms with van der Waals surface area (Å²) in [7, 11) is 0. The maximum Gasteiger partial charge on any atom is 0.326 e. The van der Waals surface area contributed by atoms with Crippen LogP contribution in [0.25, 0.3) is 0 Å². The Morgan fingerprint density at radius 3 is 2.45 bits per heavy atom. The van der Waals surface area contributed by atoms with E-state index in [1.54, 1.807) is 0 Å². The maximum atomic E-state index is 12.1. The highest BCUT2D eigenvalue weighted by Crippen LogP contribution is 2.19. The summed E-state index contributed by atoms with van der Waals surface area (Å²) in [6.07, 6.45) is 1.33. The minimum atomic E-state index is -1.33. The third kappa shape index (κ3) is 9.72. The van der Waals surface area contributed by atoms with E-state index in [4.69, 9.17) is 37.3 Å². The number of primary amides is 1. The molecule has 0 spiro atoms. The number of carbonyl (C=O) groups is 3. The van der Waals surface area contributed by atoms with Gasteiger partial charge < -0.3 is 47.9 Å². The number of hydrogen-bond donors (Lipinski definition) is 9. The number of carboxylic acid groups (broad SMARTS) is 1. The lowest BCUT2D eigenvalue weighted by Crippen LogP contribution is -2.47. The molecular formula is C16H29N9O6. The van der Waals surface area contributed by atoms with E-state index >= 15 is 0 Å². The molecule has 0 bridgehead atoms. The van der Waals surface area contributed by atoms with Crippen LogP contribution in [0.4, 0.5) is 4.79 Å². The number of nitrogens with zero attached hydrogens (tertiary/aromatic N) is 2. The average Bonchev–Trinajstić information content (AvgIpc) is 3.16. The normalized spacial score (nSPS) is 13.6. The van der Waals surface area contributed by atoms with Crippen molar-refractivity contribution in [3.8, 4) is 0 Å². The lowest BCUT2D eigenvalue weighted by atomic mass is 10.1. The van der Waals surface area contributed by atoms with E-state index in [2.05, 4.69) is 26.1 Å². The molecule has 0 aliphatic carbocycles. The number of amides is 3. The third-order valence-electron chi connectivity index (χ3n) is 4.08. The molecule has 0 aromatic carbocycles. The lowest BCUT2D eigenvalue weighted by Gasteiger charge is -2.17. The van der Waals surface area contributed by atoms with Gasteiger partial charge in [0.25, 0.3) is 0 Å². The number of carbonyl (C=O) groups excluding carboxylic acids is 2. The van der Waals surface area contributed by atoms with Gasteiger partial charge in [-0.1, -0.05) is 5.16 Å². The summed E-state index contributed by atoms with van der Waals surface area (Å²) in [5.41, 5.74) is 16.4. The van der Waals surface area contributed by atoms with Crippen molar-refractivity contribution >= 4 is 23.9 Å². The zero-order chi connectivity index (χ0) is 23.4. The van der Waals surface area contributed by atoms with Crippen LogP contribution in [0.3, 0.4) is 0 Å². The van der Waals surface area contributed by atoms with E-state index in [1.165, 1.54) is 0 Å². The van der Waals surface area contributed by atoms with Crippen molar-refractivity contribution in [1.29, 1.82) is 5.41 Å². The minimum Gasteiger partial charge on any atom is -0.480 e. The molecular weight excluding hydrogens is 414 g/mol. The van der Waals surface area contributed by atoms with E-state index in [0.29, 0.717) is 25.8 Å². The molecule has 31 heavy (non-hydrogen) atoms. The standard InChI is InChI=1S/C16H29N9O6/c17-8(3-1-2-5-21-15(19)20)12-24-13(31-25-12)10(7-11(18)27)23-16(30)22-9(4-6-26)14(28)29/h8-10,26H,1-7,17H2,(H2,18,27)(H,28,29)(H4,19,20,21)(H2,22,23,30)/t8-,9-,10-/m0/s1. The second-order valence-electron chi connectivity index (χ2n) is 6.68. The van der Waals surface area contributed by atoms with Gasteiger partial charge in [0, 0.05) is 19.6 Å². The number of aliphatic hydroxyl groups excluding tert-OH is 1. The van der Waals surface area contributed by atoms with Crippen molar-refractivity contribution in [2.24, 2.45) is 17.2 Å². The first-order chi connectivity index (χ1) is 14.6. The molecule has 174 valence electrons. The van der Waals surface area contributed by atoms with Gasteiger partial charge in [-0.05, 0) is 19.3 Å². The number of aliphatic carboxylic acids is 1. The van der Waals surface area contributed by atoms with Crippen molar-refractivity contribution in [1.82, 2.24) is 26.1 Å². The van der Waals surface area contributed by atoms with Crippen LogP contribution >= 0.6 is 0 Å². The number of aliphatic hydroxyl groups is 1. The molecule has 1 heterocycles. The summed E-state index contributed by atoms with van der Waals surface area (Å²) in [6.45, 7) is 0.0740. The van der Waals surface area contributed by atoms with Crippen molar-refractivity contribution in [2.45, 2.75) is 50.2 Å². The third-order valence-corrected chi connectivity index (χ3v) is 4.08. The van der Waals surface area contributed by atoms with Gasteiger partial charge in [0.2, 0.25) is 11.8 Å². The molecule has 1 aromatic rings. The molecule has 0 aliphatic rings. The lowest BCUT2D eigenvalue weighted by molar-refractivity contribution is -0.139. The second kappa shape index (κ2) is 13.0. The Bertz CT molecular complexity index is 756. The second-order valence-corrected chi connectivity index (χ2v) is 6.68. The Morgan fingerprint density at radius 2 is 1.87 bits per heavy atom. The van der Waals surface area contributed by atoms with Gasteiger partial charge in [0.15, 0.2) is 11.8 Å². The van der Waals surface area contributed by atoms with Gasteiger partial charge in [-0.15, -0.1) is 0 Å². The average molecular weight is 443 g/mol. The Morgan fingerprint density at radius 1 is 1.16 bits per heavy atom. The Labute approximate surface area is 177 Å². The van der Waals surface area contributed by atoms with Crippen LogP contribution in [0.15, 0.2) is 4.52 Å². The number of aromatic nitrogens is 2. The van der Waals surface area contributed by atoms with Crippen molar-refractivity contribution in [2.75, 3.05) is 13.2 Å². The molecule has 1 rings (SSSR count). The maximum absolute atomic E-state index is 12.1. The Kier molecular flexibility index (Phi) is 10.7. The molecule has 0 saturated carbocycles. The van der Waals surface area contributed by atoms with Gasteiger partial charge in [-0.2, -0.15) is 4.98 Å². The van der Waals surface area contributed by atoms with E-state index in [0.717, 1.165) is 0 Å². The highest BCUT2D eigenvalue weighted by atomic mass is 16.5. The topological polar surface area (TPSA) is 269 Å². The van der Waals surface area contributed by atoms with Gasteiger partial charge in [0.05, 0.1) is 12.5 Å². The molecule has 1 aromatic heterocycles. The Hall–Kier alpha value is -3.46. The molecule has 0 aliphatic heterocycles. The predicted octanol–water partition coefficient (Wildman–Crippen LogP) is -2.23. The molecule has 15 nitrogen and oxygen atoms in total. The number of rotatable bonds is 14. The van der Waals surface area contributed by atoms with Gasteiger partial charge >= 0.3 is 12.0 Å². The number of guanidine groups is 1. The van der Waals surface area contributed by atoms with Crippen molar-refractivity contribution in [3.63, 3.8) is 0 Å². The number of nitrogens with two attached hydrogens (primary N) is 3. The van der Waals surface area contributed by atoms with E-state index in [9.17, 15) is 14.4 Å². The van der Waals surface area contributed by atoms with Crippen LogP contribution in [0.1, 0.15) is 55.9 Å². The predicted molar refractivity (Wildman–Crippen MR) is 106 cm³/mol. The highest BCUT2D eigenvalue weighted by molar-refractivity contribution is 5.83. The number of nitrogens with one attached hydrogen (secondary N) is 4. The fourth-order valence-corrected chi connectivity index (χ4v) is 2.53. The summed E-state index contributed by atoms with van der Waals surface area (Å²) in [6, 6.07) is -3.93. The van der Waals surface area contributed by atoms with Gasteiger partial charge in [-0.3, -0.25) is 10.2 Å². The first kappa shape index (κ1) is 25.6. The summed E-state index contributed by atoms with van der Waals surface area (Å²) >= 11 is 0. The zero-order valence-electron chi connectivity index (χ0n) is 16.8. The van der Waals surface area contributed by atoms with Crippen LogP contribution in [0, 0.1) is 5.41 Å². The van der Waals surface area contributed by atoms with Gasteiger partial charge in [0.1, 0.15) is 12.1 Å². The number of unbranched alkanes of at least 4 members (excludes halogenated alkanes) is 1. The largest absolute Gasteiger partial charge is 0.480 e. The summed E-state index contributed by atoms with van der Waals surface area (Å²) in [5.74, 6) is -2.17. The first-order valence-electron chi connectivity index (χ1n) is 9.50. The molecule has 12 N–H and O–H groups in total. The van der Waals surface area contributed by atoms with Crippen LogP contribution < -0.4 is 33.2 Å². The summed E-state index contributed by atoms with van der Waals surface area (Å²) < 4.78 is 5.10. The zero-order valence-corrected chi connectivity index (χ0v) is 16.8.